The molecule has 1 aliphatic heterocycles. The lowest BCUT2D eigenvalue weighted by molar-refractivity contribution is -0.0498. The molecule has 5 nitrogen and oxygen atoms in total. The molecule has 0 aliphatic carbocycles. The van der Waals surface area contributed by atoms with Crippen LogP contribution in [0.25, 0.3) is 0 Å². The highest BCUT2D eigenvalue weighted by Gasteiger charge is 2.22. The summed E-state index contributed by atoms with van der Waals surface area (Å²) in [7, 11) is 1.65. The highest BCUT2D eigenvalue weighted by molar-refractivity contribution is 5.94. The number of carbonyl (C=O) groups is 1. The van der Waals surface area contributed by atoms with Crippen LogP contribution in [0.15, 0.2) is 48.5 Å². The minimum atomic E-state index is -2.87. The molecule has 1 amide bonds. The molecular weight excluding hydrogens is 354 g/mol. The van der Waals surface area contributed by atoms with Crippen LogP contribution in [0.5, 0.6) is 11.5 Å². The van der Waals surface area contributed by atoms with Crippen molar-refractivity contribution in [3.05, 3.63) is 59.7 Å². The molecule has 1 aliphatic rings. The molecule has 1 heterocycles. The van der Waals surface area contributed by atoms with Crippen molar-refractivity contribution in [1.29, 1.82) is 0 Å². The van der Waals surface area contributed by atoms with Crippen molar-refractivity contribution < 1.29 is 23.0 Å². The van der Waals surface area contributed by atoms with E-state index in [0.717, 1.165) is 25.4 Å². The number of ether oxygens (including phenoxy) is 2. The van der Waals surface area contributed by atoms with Crippen LogP contribution in [0.2, 0.25) is 0 Å². The fraction of sp³-hybridized carbons (Fsp3) is 0.350. The highest BCUT2D eigenvalue weighted by atomic mass is 19.3. The zero-order valence-corrected chi connectivity index (χ0v) is 15.1. The standard InChI is InChI=1S/C20H22F2N2O3/c1-26-18-4-2-3-15(13-18)14-23-9-11-24(12-10-23)19(25)16-5-7-17(8-6-16)27-20(21)22/h2-8,13,20H,9-12,14H2,1H3. The van der Waals surface area contributed by atoms with Gasteiger partial charge in [0.2, 0.25) is 0 Å². The lowest BCUT2D eigenvalue weighted by Crippen LogP contribution is -2.48. The van der Waals surface area contributed by atoms with Gasteiger partial charge in [-0.25, -0.2) is 0 Å². The van der Waals surface area contributed by atoms with E-state index in [4.69, 9.17) is 4.74 Å². The van der Waals surface area contributed by atoms with E-state index in [1.807, 2.05) is 18.2 Å². The molecule has 0 bridgehead atoms. The van der Waals surface area contributed by atoms with Crippen molar-refractivity contribution >= 4 is 5.91 Å². The zero-order chi connectivity index (χ0) is 19.2. The maximum absolute atomic E-state index is 12.6. The van der Waals surface area contributed by atoms with E-state index in [9.17, 15) is 13.6 Å². The number of rotatable bonds is 6. The van der Waals surface area contributed by atoms with E-state index >= 15 is 0 Å². The predicted molar refractivity (Wildman–Crippen MR) is 97.2 cm³/mol. The number of piperazine rings is 1. The third-order valence-corrected chi connectivity index (χ3v) is 4.53. The maximum Gasteiger partial charge on any atom is 0.387 e. The Morgan fingerprint density at radius 3 is 2.37 bits per heavy atom. The van der Waals surface area contributed by atoms with E-state index < -0.39 is 6.61 Å². The molecule has 0 N–H and O–H groups in total. The smallest absolute Gasteiger partial charge is 0.387 e. The van der Waals surface area contributed by atoms with Crippen LogP contribution in [0.1, 0.15) is 15.9 Å². The predicted octanol–water partition coefficient (Wildman–Crippen LogP) is 3.25. The summed E-state index contributed by atoms with van der Waals surface area (Å²) in [5.41, 5.74) is 1.64. The fourth-order valence-corrected chi connectivity index (χ4v) is 3.10. The second-order valence-electron chi connectivity index (χ2n) is 6.32. The van der Waals surface area contributed by atoms with E-state index in [-0.39, 0.29) is 11.7 Å². The van der Waals surface area contributed by atoms with Crippen molar-refractivity contribution in [3.63, 3.8) is 0 Å². The van der Waals surface area contributed by atoms with Gasteiger partial charge in [-0.3, -0.25) is 9.69 Å². The van der Waals surface area contributed by atoms with Gasteiger partial charge >= 0.3 is 6.61 Å². The van der Waals surface area contributed by atoms with Gasteiger partial charge in [0.1, 0.15) is 11.5 Å². The number of carbonyl (C=O) groups excluding carboxylic acids is 1. The third-order valence-electron chi connectivity index (χ3n) is 4.53. The Hall–Kier alpha value is -2.67. The van der Waals surface area contributed by atoms with Crippen molar-refractivity contribution in [2.24, 2.45) is 0 Å². The van der Waals surface area contributed by atoms with Gasteiger partial charge in [-0.05, 0) is 42.0 Å². The molecule has 0 spiro atoms. The topological polar surface area (TPSA) is 42.0 Å². The second kappa shape index (κ2) is 8.81. The minimum Gasteiger partial charge on any atom is -0.497 e. The van der Waals surface area contributed by atoms with Crippen LogP contribution >= 0.6 is 0 Å². The molecule has 0 saturated carbocycles. The van der Waals surface area contributed by atoms with Gasteiger partial charge in [-0.1, -0.05) is 12.1 Å². The Morgan fingerprint density at radius 1 is 1.04 bits per heavy atom. The molecule has 0 aromatic heterocycles. The van der Waals surface area contributed by atoms with Crippen molar-refractivity contribution in [3.8, 4) is 11.5 Å². The Kier molecular flexibility index (Phi) is 6.24. The lowest BCUT2D eigenvalue weighted by Gasteiger charge is -2.34. The molecule has 1 fully saturated rings. The van der Waals surface area contributed by atoms with E-state index in [0.29, 0.717) is 18.7 Å². The largest absolute Gasteiger partial charge is 0.497 e. The number of benzene rings is 2. The highest BCUT2D eigenvalue weighted by Crippen LogP contribution is 2.18. The monoisotopic (exact) mass is 376 g/mol. The summed E-state index contributed by atoms with van der Waals surface area (Å²) < 4.78 is 34.0. The molecule has 3 rings (SSSR count). The van der Waals surface area contributed by atoms with Crippen LogP contribution in [-0.4, -0.2) is 55.6 Å². The summed E-state index contributed by atoms with van der Waals surface area (Å²) in [6, 6.07) is 13.8. The molecule has 0 atom stereocenters. The Morgan fingerprint density at radius 2 is 1.74 bits per heavy atom. The molecule has 7 heteroatoms. The normalized spacial score (nSPS) is 15.0. The quantitative estimate of drug-likeness (QED) is 0.776. The summed E-state index contributed by atoms with van der Waals surface area (Å²) in [5.74, 6) is 0.782. The Labute approximate surface area is 157 Å². The summed E-state index contributed by atoms with van der Waals surface area (Å²) in [4.78, 5) is 16.7. The second-order valence-corrected chi connectivity index (χ2v) is 6.32. The van der Waals surface area contributed by atoms with E-state index in [2.05, 4.69) is 15.7 Å². The molecule has 2 aromatic rings. The number of methoxy groups -OCH3 is 1. The number of nitrogens with zero attached hydrogens (tertiary/aromatic N) is 2. The van der Waals surface area contributed by atoms with Crippen molar-refractivity contribution in [2.45, 2.75) is 13.2 Å². The van der Waals surface area contributed by atoms with Crippen LogP contribution < -0.4 is 9.47 Å². The minimum absolute atomic E-state index is 0.0460. The van der Waals surface area contributed by atoms with Crippen LogP contribution in [0.3, 0.4) is 0 Å². The first kappa shape index (κ1) is 19.1. The van der Waals surface area contributed by atoms with Gasteiger partial charge in [-0.15, -0.1) is 0 Å². The first-order valence-electron chi connectivity index (χ1n) is 8.74. The third kappa shape index (κ3) is 5.17. The number of hydrogen-bond donors (Lipinski definition) is 0. The maximum atomic E-state index is 12.6. The van der Waals surface area contributed by atoms with Crippen LogP contribution in [-0.2, 0) is 6.54 Å². The van der Waals surface area contributed by atoms with Gasteiger partial charge < -0.3 is 14.4 Å². The summed E-state index contributed by atoms with van der Waals surface area (Å²) in [6.07, 6.45) is 0. The molecule has 0 radical (unpaired) electrons. The van der Waals surface area contributed by atoms with Crippen LogP contribution in [0, 0.1) is 0 Å². The Balaban J connectivity index is 1.53. The molecular formula is C20H22F2N2O3. The van der Waals surface area contributed by atoms with Gasteiger partial charge in [0, 0.05) is 38.3 Å². The van der Waals surface area contributed by atoms with Gasteiger partial charge in [0.05, 0.1) is 7.11 Å². The van der Waals surface area contributed by atoms with Crippen molar-refractivity contribution in [2.75, 3.05) is 33.3 Å². The molecule has 27 heavy (non-hydrogen) atoms. The first-order chi connectivity index (χ1) is 13.0. The van der Waals surface area contributed by atoms with Gasteiger partial charge in [-0.2, -0.15) is 8.78 Å². The zero-order valence-electron chi connectivity index (χ0n) is 15.1. The number of halogens is 2. The number of hydrogen-bond acceptors (Lipinski definition) is 4. The summed E-state index contributed by atoms with van der Waals surface area (Å²) in [6.45, 7) is 0.726. The van der Waals surface area contributed by atoms with Gasteiger partial charge in [0.15, 0.2) is 0 Å². The summed E-state index contributed by atoms with van der Waals surface area (Å²) >= 11 is 0. The fourth-order valence-electron chi connectivity index (χ4n) is 3.10. The summed E-state index contributed by atoms with van der Waals surface area (Å²) in [5, 5.41) is 0. The first-order valence-corrected chi connectivity index (χ1v) is 8.74. The molecule has 144 valence electrons. The van der Waals surface area contributed by atoms with Crippen molar-refractivity contribution in [1.82, 2.24) is 9.80 Å². The van der Waals surface area contributed by atoms with E-state index in [1.165, 1.54) is 29.8 Å². The number of amides is 1. The molecule has 0 unspecified atom stereocenters. The lowest BCUT2D eigenvalue weighted by atomic mass is 10.1. The van der Waals surface area contributed by atoms with Gasteiger partial charge in [0.25, 0.3) is 5.91 Å². The molecule has 1 saturated heterocycles. The van der Waals surface area contributed by atoms with Crippen LogP contribution in [0.4, 0.5) is 8.78 Å². The number of alkyl halides is 2. The molecule has 2 aromatic carbocycles. The Bertz CT molecular complexity index is 760. The SMILES string of the molecule is COc1cccc(CN2CCN(C(=O)c3ccc(OC(F)F)cc3)CC2)c1. The average Bonchev–Trinajstić information content (AvgIpc) is 2.68. The average molecular weight is 376 g/mol. The van der Waals surface area contributed by atoms with E-state index in [1.54, 1.807) is 12.0 Å².